The largest absolute Gasteiger partial charge is 0.349 e. The van der Waals surface area contributed by atoms with Gasteiger partial charge in [-0.3, -0.25) is 9.36 Å². The van der Waals surface area contributed by atoms with Crippen molar-refractivity contribution in [3.63, 3.8) is 0 Å². The molecule has 8 heteroatoms. The summed E-state index contributed by atoms with van der Waals surface area (Å²) >= 11 is 0. The van der Waals surface area contributed by atoms with Crippen LogP contribution in [0.3, 0.4) is 0 Å². The lowest BCUT2D eigenvalue weighted by Crippen LogP contribution is -2.36. The van der Waals surface area contributed by atoms with Crippen molar-refractivity contribution in [1.29, 1.82) is 0 Å². The monoisotopic (exact) mass is 417 g/mol. The maximum Gasteiger partial charge on any atom is 0.345 e. The topological polar surface area (TPSA) is 94.9 Å². The standard InChI is InChI=1S/C22H32FN5O2/c1-15(2)9-13-28-22(30)27-12-10-17(6-8-20(27)26-28)25-21(29)18-14-16(4-3-11-24)5-7-19(18)23/h5,7,14-15,17H,3-4,6,8-13,24H2,1-2H3,(H,25,29). The molecule has 0 spiro atoms. The molecule has 0 fully saturated rings. The van der Waals surface area contributed by atoms with Crippen molar-refractivity contribution < 1.29 is 9.18 Å². The van der Waals surface area contributed by atoms with Crippen molar-refractivity contribution in [2.24, 2.45) is 11.7 Å². The summed E-state index contributed by atoms with van der Waals surface area (Å²) in [5, 5.41) is 7.44. The summed E-state index contributed by atoms with van der Waals surface area (Å²) in [5.41, 5.74) is 6.40. The highest BCUT2D eigenvalue weighted by Gasteiger charge is 2.23. The van der Waals surface area contributed by atoms with Crippen molar-refractivity contribution >= 4 is 5.91 Å². The van der Waals surface area contributed by atoms with Crippen LogP contribution in [0.25, 0.3) is 0 Å². The molecular weight excluding hydrogens is 385 g/mol. The van der Waals surface area contributed by atoms with Crippen LogP contribution in [0.2, 0.25) is 0 Å². The first-order chi connectivity index (χ1) is 14.4. The Morgan fingerprint density at radius 2 is 2.17 bits per heavy atom. The van der Waals surface area contributed by atoms with E-state index < -0.39 is 11.7 Å². The van der Waals surface area contributed by atoms with E-state index in [2.05, 4.69) is 24.3 Å². The fourth-order valence-electron chi connectivity index (χ4n) is 3.77. The number of benzene rings is 1. The number of carbonyl (C=O) groups excluding carboxylic acids is 1. The van der Waals surface area contributed by atoms with E-state index in [4.69, 9.17) is 5.73 Å². The van der Waals surface area contributed by atoms with Crippen LogP contribution < -0.4 is 16.7 Å². The Kier molecular flexibility index (Phi) is 7.42. The van der Waals surface area contributed by atoms with Crippen LogP contribution >= 0.6 is 0 Å². The van der Waals surface area contributed by atoms with E-state index in [0.29, 0.717) is 51.2 Å². The van der Waals surface area contributed by atoms with E-state index in [0.717, 1.165) is 24.2 Å². The van der Waals surface area contributed by atoms with Crippen LogP contribution in [-0.2, 0) is 25.9 Å². The maximum absolute atomic E-state index is 14.2. The Labute approximate surface area is 176 Å². The minimum absolute atomic E-state index is 0.0579. The van der Waals surface area contributed by atoms with Gasteiger partial charge in [0.2, 0.25) is 0 Å². The van der Waals surface area contributed by atoms with E-state index in [1.54, 1.807) is 21.4 Å². The van der Waals surface area contributed by atoms with Crippen molar-refractivity contribution in [3.05, 3.63) is 51.5 Å². The van der Waals surface area contributed by atoms with Gasteiger partial charge in [-0.2, -0.15) is 5.10 Å². The van der Waals surface area contributed by atoms with E-state index in [1.165, 1.54) is 6.07 Å². The average Bonchev–Trinajstić information content (AvgIpc) is 2.88. The highest BCUT2D eigenvalue weighted by atomic mass is 19.1. The van der Waals surface area contributed by atoms with Gasteiger partial charge in [-0.15, -0.1) is 0 Å². The molecule has 2 aromatic rings. The van der Waals surface area contributed by atoms with Crippen LogP contribution in [0.15, 0.2) is 23.0 Å². The molecule has 7 nitrogen and oxygen atoms in total. The number of hydrogen-bond acceptors (Lipinski definition) is 4. The molecule has 0 radical (unpaired) electrons. The van der Waals surface area contributed by atoms with Gasteiger partial charge in [-0.25, -0.2) is 13.9 Å². The first kappa shape index (κ1) is 22.2. The first-order valence-electron chi connectivity index (χ1n) is 10.8. The second-order valence-electron chi connectivity index (χ2n) is 8.46. The number of amides is 1. The number of aromatic nitrogens is 3. The number of rotatable bonds is 8. The third kappa shape index (κ3) is 5.36. The van der Waals surface area contributed by atoms with Crippen LogP contribution in [0, 0.1) is 11.7 Å². The molecule has 3 rings (SSSR count). The molecule has 2 heterocycles. The maximum atomic E-state index is 14.2. The molecule has 1 aliphatic rings. The predicted molar refractivity (Wildman–Crippen MR) is 114 cm³/mol. The molecular formula is C22H32FN5O2. The minimum Gasteiger partial charge on any atom is -0.349 e. The van der Waals surface area contributed by atoms with Crippen molar-refractivity contribution in [3.8, 4) is 0 Å². The van der Waals surface area contributed by atoms with Crippen LogP contribution in [-0.4, -0.2) is 32.8 Å². The Morgan fingerprint density at radius 1 is 1.37 bits per heavy atom. The molecule has 164 valence electrons. The molecule has 0 saturated carbocycles. The van der Waals surface area contributed by atoms with Gasteiger partial charge in [0.05, 0.1) is 5.56 Å². The Balaban J connectivity index is 1.64. The van der Waals surface area contributed by atoms with Gasteiger partial charge >= 0.3 is 5.69 Å². The van der Waals surface area contributed by atoms with Gasteiger partial charge in [0, 0.05) is 25.6 Å². The summed E-state index contributed by atoms with van der Waals surface area (Å²) in [4.78, 5) is 25.3. The van der Waals surface area contributed by atoms with Gasteiger partial charge in [-0.05, 0) is 62.3 Å². The summed E-state index contributed by atoms with van der Waals surface area (Å²) in [6.07, 6.45) is 4.29. The number of fused-ring (bicyclic) bond motifs is 1. The predicted octanol–water partition coefficient (Wildman–Crippen LogP) is 2.26. The molecule has 1 aromatic carbocycles. The zero-order valence-electron chi connectivity index (χ0n) is 17.9. The molecule has 30 heavy (non-hydrogen) atoms. The fourth-order valence-corrected chi connectivity index (χ4v) is 3.77. The number of nitrogens with zero attached hydrogens (tertiary/aromatic N) is 3. The highest BCUT2D eigenvalue weighted by molar-refractivity contribution is 5.94. The van der Waals surface area contributed by atoms with Gasteiger partial charge < -0.3 is 11.1 Å². The Morgan fingerprint density at radius 3 is 2.90 bits per heavy atom. The number of hydrogen-bond donors (Lipinski definition) is 2. The smallest absolute Gasteiger partial charge is 0.345 e. The summed E-state index contributed by atoms with van der Waals surface area (Å²) in [6, 6.07) is 4.50. The third-order valence-corrected chi connectivity index (χ3v) is 5.62. The molecule has 0 saturated heterocycles. The zero-order valence-corrected chi connectivity index (χ0v) is 17.9. The van der Waals surface area contributed by atoms with E-state index in [1.807, 2.05) is 0 Å². The third-order valence-electron chi connectivity index (χ3n) is 5.62. The number of carbonyl (C=O) groups is 1. The van der Waals surface area contributed by atoms with Gasteiger partial charge in [0.1, 0.15) is 11.6 Å². The Hall–Kier alpha value is -2.48. The molecule has 1 aliphatic heterocycles. The van der Waals surface area contributed by atoms with E-state index in [-0.39, 0.29) is 17.3 Å². The lowest BCUT2D eigenvalue weighted by atomic mass is 10.0. The second kappa shape index (κ2) is 10.0. The molecule has 1 amide bonds. The molecule has 1 unspecified atom stereocenters. The summed E-state index contributed by atoms with van der Waals surface area (Å²) < 4.78 is 17.5. The fraction of sp³-hybridized carbons (Fsp3) is 0.591. The average molecular weight is 418 g/mol. The number of nitrogens with two attached hydrogens (primary N) is 1. The van der Waals surface area contributed by atoms with Crippen molar-refractivity contribution in [2.45, 2.75) is 71.5 Å². The summed E-state index contributed by atoms with van der Waals surface area (Å²) in [7, 11) is 0. The van der Waals surface area contributed by atoms with Crippen molar-refractivity contribution in [1.82, 2.24) is 19.7 Å². The zero-order chi connectivity index (χ0) is 21.7. The molecule has 3 N–H and O–H groups in total. The van der Waals surface area contributed by atoms with E-state index in [9.17, 15) is 14.0 Å². The Bertz CT molecular complexity index is 934. The van der Waals surface area contributed by atoms with Crippen molar-refractivity contribution in [2.75, 3.05) is 6.54 Å². The number of nitrogens with one attached hydrogen (secondary N) is 1. The van der Waals surface area contributed by atoms with Gasteiger partial charge in [-0.1, -0.05) is 19.9 Å². The van der Waals surface area contributed by atoms with Crippen LogP contribution in [0.5, 0.6) is 0 Å². The minimum atomic E-state index is -0.529. The lowest BCUT2D eigenvalue weighted by Gasteiger charge is -2.17. The normalized spacial score (nSPS) is 16.4. The van der Waals surface area contributed by atoms with Gasteiger partial charge in [0.15, 0.2) is 0 Å². The molecule has 1 aromatic heterocycles. The number of aryl methyl sites for hydroxylation is 3. The highest BCUT2D eigenvalue weighted by Crippen LogP contribution is 2.16. The molecule has 0 aliphatic carbocycles. The van der Waals surface area contributed by atoms with Crippen LogP contribution in [0.1, 0.15) is 61.3 Å². The van der Waals surface area contributed by atoms with E-state index >= 15 is 0 Å². The first-order valence-corrected chi connectivity index (χ1v) is 10.8. The van der Waals surface area contributed by atoms with Crippen LogP contribution in [0.4, 0.5) is 4.39 Å². The second-order valence-corrected chi connectivity index (χ2v) is 8.46. The molecule has 0 bridgehead atoms. The van der Waals surface area contributed by atoms with Gasteiger partial charge in [0.25, 0.3) is 5.91 Å². The summed E-state index contributed by atoms with van der Waals surface area (Å²) in [5.74, 6) is 0.322. The SMILES string of the molecule is CC(C)CCn1nc2n(c1=O)CCC(NC(=O)c1cc(CCCN)ccc1F)CC2. The molecule has 1 atom stereocenters. The summed E-state index contributed by atoms with van der Waals surface area (Å²) in [6.45, 7) is 5.91. The lowest BCUT2D eigenvalue weighted by molar-refractivity contribution is 0.0928. The number of halogens is 1. The quantitative estimate of drug-likeness (QED) is 0.689.